The minimum absolute atomic E-state index is 0.502. The van der Waals surface area contributed by atoms with E-state index in [0.717, 1.165) is 5.56 Å². The fourth-order valence-corrected chi connectivity index (χ4v) is 1.73. The maximum atomic E-state index is 9.05. The van der Waals surface area contributed by atoms with E-state index >= 15 is 0 Å². The number of rotatable bonds is 1. The lowest BCUT2D eigenvalue weighted by atomic mass is 10.2. The van der Waals surface area contributed by atoms with Crippen molar-refractivity contribution in [1.29, 1.82) is 5.26 Å². The molecule has 0 spiro atoms. The lowest BCUT2D eigenvalue weighted by molar-refractivity contribution is 0.832. The van der Waals surface area contributed by atoms with E-state index in [1.165, 1.54) is 4.79 Å². The average molecular weight is 236 g/mol. The zero-order valence-corrected chi connectivity index (χ0v) is 9.28. The summed E-state index contributed by atoms with van der Waals surface area (Å²) in [5.74, 6) is 5.49. The third kappa shape index (κ3) is 1.55. The van der Waals surface area contributed by atoms with Gasteiger partial charge in [-0.05, 0) is 12.1 Å². The van der Waals surface area contributed by atoms with E-state index < -0.39 is 0 Å². The maximum Gasteiger partial charge on any atom is 0.107 e. The molecule has 18 heavy (non-hydrogen) atoms. The van der Waals surface area contributed by atoms with Gasteiger partial charge in [-0.15, -0.1) is 0 Å². The highest BCUT2D eigenvalue weighted by molar-refractivity contribution is 5.82. The summed E-state index contributed by atoms with van der Waals surface area (Å²) in [7, 11) is 0. The normalized spacial score (nSPS) is 10.4. The predicted octanol–water partition coefficient (Wildman–Crippen LogP) is 1.08. The van der Waals surface area contributed by atoms with Crippen LogP contribution >= 0.6 is 0 Å². The van der Waals surface area contributed by atoms with Gasteiger partial charge in [-0.1, -0.05) is 6.07 Å². The molecule has 6 nitrogen and oxygen atoms in total. The second-order valence-electron chi connectivity index (χ2n) is 3.75. The van der Waals surface area contributed by atoms with Crippen LogP contribution < -0.4 is 5.84 Å². The fraction of sp³-hybridized carbons (Fsp3) is 0. The van der Waals surface area contributed by atoms with Gasteiger partial charge in [-0.2, -0.15) is 15.2 Å². The molecule has 2 heterocycles. The summed E-state index contributed by atoms with van der Waals surface area (Å²) in [5, 5.41) is 12.9. The molecular weight excluding hydrogens is 228 g/mol. The van der Waals surface area contributed by atoms with Gasteiger partial charge in [0.05, 0.1) is 35.4 Å². The van der Waals surface area contributed by atoms with Crippen molar-refractivity contribution < 1.29 is 0 Å². The third-order valence-electron chi connectivity index (χ3n) is 2.59. The molecule has 86 valence electrons. The summed E-state index contributed by atoms with van der Waals surface area (Å²) >= 11 is 0. The fourth-order valence-electron chi connectivity index (χ4n) is 1.73. The highest BCUT2D eigenvalue weighted by atomic mass is 15.5. The molecular formula is C12H8N6. The van der Waals surface area contributed by atoms with Crippen LogP contribution in [0.2, 0.25) is 0 Å². The number of fused-ring (bicyclic) bond motifs is 1. The van der Waals surface area contributed by atoms with Gasteiger partial charge in [0.25, 0.3) is 0 Å². The number of nitrogens with zero attached hydrogens (tertiary/aromatic N) is 5. The largest absolute Gasteiger partial charge is 0.323 e. The van der Waals surface area contributed by atoms with Crippen LogP contribution in [0.5, 0.6) is 0 Å². The second kappa shape index (κ2) is 3.82. The SMILES string of the molecule is N#Cc1cccc2ncc(-c3cnn(N)c3)nc12. The molecule has 3 rings (SSSR count). The van der Waals surface area contributed by atoms with Crippen molar-refractivity contribution in [2.75, 3.05) is 5.84 Å². The number of para-hydroxylation sites is 1. The van der Waals surface area contributed by atoms with E-state index in [0.29, 0.717) is 22.3 Å². The molecule has 6 heteroatoms. The first-order chi connectivity index (χ1) is 8.78. The Balaban J connectivity index is 2.25. The van der Waals surface area contributed by atoms with Gasteiger partial charge in [0, 0.05) is 5.56 Å². The Labute approximate surface area is 102 Å². The molecule has 1 aromatic carbocycles. The quantitative estimate of drug-likeness (QED) is 0.638. The first-order valence-electron chi connectivity index (χ1n) is 5.24. The number of nitriles is 1. The summed E-state index contributed by atoms with van der Waals surface area (Å²) in [6.45, 7) is 0. The van der Waals surface area contributed by atoms with E-state index in [1.54, 1.807) is 30.7 Å². The first kappa shape index (κ1) is 10.2. The van der Waals surface area contributed by atoms with E-state index in [4.69, 9.17) is 11.1 Å². The highest BCUT2D eigenvalue weighted by Gasteiger charge is 2.07. The Hall–Kier alpha value is -2.94. The lowest BCUT2D eigenvalue weighted by Gasteiger charge is -2.01. The van der Waals surface area contributed by atoms with Gasteiger partial charge in [-0.3, -0.25) is 4.98 Å². The smallest absolute Gasteiger partial charge is 0.107 e. The number of aromatic nitrogens is 4. The summed E-state index contributed by atoms with van der Waals surface area (Å²) in [6.07, 6.45) is 4.89. The predicted molar refractivity (Wildman–Crippen MR) is 65.6 cm³/mol. The third-order valence-corrected chi connectivity index (χ3v) is 2.59. The zero-order valence-electron chi connectivity index (χ0n) is 9.28. The minimum atomic E-state index is 0.502. The standard InChI is InChI=1S/C12H8N6/c13-4-8-2-1-3-10-12(8)17-11(6-15-10)9-5-16-18(14)7-9/h1-3,5-7H,14H2. The van der Waals surface area contributed by atoms with Gasteiger partial charge in [0.2, 0.25) is 0 Å². The van der Waals surface area contributed by atoms with Crippen molar-refractivity contribution in [3.63, 3.8) is 0 Å². The molecule has 0 saturated carbocycles. The molecule has 0 amide bonds. The van der Waals surface area contributed by atoms with Gasteiger partial charge in [0.1, 0.15) is 11.6 Å². The van der Waals surface area contributed by atoms with Crippen molar-refractivity contribution in [2.24, 2.45) is 0 Å². The summed E-state index contributed by atoms with van der Waals surface area (Å²) in [4.78, 5) is 9.93. The van der Waals surface area contributed by atoms with Gasteiger partial charge in [-0.25, -0.2) is 4.98 Å². The number of benzene rings is 1. The Bertz CT molecular complexity index is 768. The van der Waals surface area contributed by atoms with Crippen LogP contribution in [0.25, 0.3) is 22.3 Å². The van der Waals surface area contributed by atoms with Crippen LogP contribution in [-0.2, 0) is 0 Å². The molecule has 0 radical (unpaired) electrons. The molecule has 0 bridgehead atoms. The zero-order chi connectivity index (χ0) is 12.5. The highest BCUT2D eigenvalue weighted by Crippen LogP contribution is 2.20. The molecule has 2 N–H and O–H groups in total. The summed E-state index contributed by atoms with van der Waals surface area (Å²) < 4.78 is 0. The van der Waals surface area contributed by atoms with Gasteiger partial charge >= 0.3 is 0 Å². The van der Waals surface area contributed by atoms with Crippen molar-refractivity contribution in [2.45, 2.75) is 0 Å². The number of nitrogens with two attached hydrogens (primary N) is 1. The molecule has 0 unspecified atom stereocenters. The van der Waals surface area contributed by atoms with E-state index in [1.807, 2.05) is 6.07 Å². The summed E-state index contributed by atoms with van der Waals surface area (Å²) in [5.41, 5.74) is 3.18. The second-order valence-corrected chi connectivity index (χ2v) is 3.75. The molecule has 0 atom stereocenters. The Kier molecular flexibility index (Phi) is 2.17. The first-order valence-corrected chi connectivity index (χ1v) is 5.24. The number of hydrogen-bond acceptors (Lipinski definition) is 5. The van der Waals surface area contributed by atoms with E-state index in [-0.39, 0.29) is 0 Å². The molecule has 3 aromatic rings. The maximum absolute atomic E-state index is 9.05. The molecule has 2 aromatic heterocycles. The number of nitrogen functional groups attached to an aromatic ring is 1. The molecule has 0 saturated heterocycles. The Morgan fingerprint density at radius 1 is 1.28 bits per heavy atom. The Morgan fingerprint density at radius 2 is 2.17 bits per heavy atom. The monoisotopic (exact) mass is 236 g/mol. The van der Waals surface area contributed by atoms with Crippen LogP contribution in [0.3, 0.4) is 0 Å². The van der Waals surface area contributed by atoms with Gasteiger partial charge in [0.15, 0.2) is 0 Å². The van der Waals surface area contributed by atoms with E-state index in [9.17, 15) is 0 Å². The van der Waals surface area contributed by atoms with Crippen LogP contribution in [0.15, 0.2) is 36.8 Å². The molecule has 0 aliphatic rings. The van der Waals surface area contributed by atoms with Crippen molar-refractivity contribution in [1.82, 2.24) is 19.9 Å². The van der Waals surface area contributed by atoms with E-state index in [2.05, 4.69) is 21.1 Å². The van der Waals surface area contributed by atoms with Crippen molar-refractivity contribution in [3.05, 3.63) is 42.4 Å². The molecule has 0 aliphatic heterocycles. The number of hydrogen-bond donors (Lipinski definition) is 1. The Morgan fingerprint density at radius 3 is 2.89 bits per heavy atom. The lowest BCUT2D eigenvalue weighted by Crippen LogP contribution is -2.07. The van der Waals surface area contributed by atoms with Gasteiger partial charge < -0.3 is 5.84 Å². The topological polar surface area (TPSA) is 93.4 Å². The van der Waals surface area contributed by atoms with Crippen molar-refractivity contribution >= 4 is 11.0 Å². The van der Waals surface area contributed by atoms with Crippen molar-refractivity contribution in [3.8, 4) is 17.3 Å². The molecule has 0 fully saturated rings. The van der Waals surface area contributed by atoms with Crippen LogP contribution in [-0.4, -0.2) is 19.9 Å². The average Bonchev–Trinajstić information content (AvgIpc) is 2.84. The summed E-state index contributed by atoms with van der Waals surface area (Å²) in [6, 6.07) is 7.42. The van der Waals surface area contributed by atoms with Crippen LogP contribution in [0.4, 0.5) is 0 Å². The minimum Gasteiger partial charge on any atom is -0.323 e. The molecule has 0 aliphatic carbocycles. The van der Waals surface area contributed by atoms with Crippen LogP contribution in [0, 0.1) is 11.3 Å². The van der Waals surface area contributed by atoms with Crippen LogP contribution in [0.1, 0.15) is 5.56 Å².